The number of hydrogen-bond acceptors (Lipinski definition) is 7. The molecule has 1 radical (unpaired) electrons. The van der Waals surface area contributed by atoms with Gasteiger partial charge in [-0.1, -0.05) is 31.4 Å². The van der Waals surface area contributed by atoms with E-state index >= 15 is 0 Å². The Hall–Kier alpha value is -3.03. The summed E-state index contributed by atoms with van der Waals surface area (Å²) in [5.41, 5.74) is 1.25. The quantitative estimate of drug-likeness (QED) is 0.450. The molecule has 3 rings (SSSR count). The maximum atomic E-state index is 10.4. The molecule has 0 saturated carbocycles. The Morgan fingerprint density at radius 3 is 1.56 bits per heavy atom. The summed E-state index contributed by atoms with van der Waals surface area (Å²) < 4.78 is 11.5. The maximum Gasteiger partial charge on any atom is 2.00 e. The van der Waals surface area contributed by atoms with Gasteiger partial charge in [0.2, 0.25) is 0 Å². The number of aliphatic imine (C=N–C) groups is 2. The van der Waals surface area contributed by atoms with Crippen molar-refractivity contribution in [1.29, 1.82) is 0 Å². The average molecular weight is 511 g/mol. The standard InChI is InChI=1S/C23H28N2O4.C2H4O2.Mn/c26-22-18-8-6-10-20(22)28-14-4-2-1-3-5-15-29-21-11-7-9-19(23(21)27)17-25-13-12-24-16-18;1-2(3)4;/h6-11,16-17,26-27H,1-5,12-15H2;1H3,(H,3,4);/q;;+2. The predicted octanol–water partition coefficient (Wildman–Crippen LogP) is 4.45. The molecule has 183 valence electrons. The van der Waals surface area contributed by atoms with Crippen LogP contribution in [0.15, 0.2) is 46.4 Å². The summed E-state index contributed by atoms with van der Waals surface area (Å²) in [6, 6.07) is 10.8. The van der Waals surface area contributed by atoms with Crippen molar-refractivity contribution in [3.63, 3.8) is 0 Å². The fourth-order valence-corrected chi connectivity index (χ4v) is 3.06. The van der Waals surface area contributed by atoms with Crippen molar-refractivity contribution >= 4 is 18.4 Å². The van der Waals surface area contributed by atoms with Crippen LogP contribution >= 0.6 is 0 Å². The third-order valence-corrected chi connectivity index (χ3v) is 4.68. The smallest absolute Gasteiger partial charge is 0.504 e. The number of hydrogen-bond donors (Lipinski definition) is 3. The number of aromatic hydroxyl groups is 2. The van der Waals surface area contributed by atoms with Crippen LogP contribution in [0.1, 0.15) is 50.2 Å². The Labute approximate surface area is 210 Å². The van der Waals surface area contributed by atoms with Crippen LogP contribution in [0.2, 0.25) is 0 Å². The molecule has 1 aliphatic heterocycles. The molecular formula is C25H32MnN2O6+2. The van der Waals surface area contributed by atoms with Crippen LogP contribution in [0.5, 0.6) is 23.0 Å². The molecule has 0 fully saturated rings. The number of para-hydroxylation sites is 2. The van der Waals surface area contributed by atoms with E-state index in [0.29, 0.717) is 48.9 Å². The van der Waals surface area contributed by atoms with Crippen molar-refractivity contribution < 1.29 is 46.7 Å². The topological polar surface area (TPSA) is 121 Å². The van der Waals surface area contributed by atoms with E-state index in [-0.39, 0.29) is 28.6 Å². The van der Waals surface area contributed by atoms with E-state index in [1.165, 1.54) is 0 Å². The van der Waals surface area contributed by atoms with Gasteiger partial charge in [-0.05, 0) is 37.1 Å². The van der Waals surface area contributed by atoms with Crippen molar-refractivity contribution in [2.75, 3.05) is 26.3 Å². The van der Waals surface area contributed by atoms with Crippen molar-refractivity contribution in [2.24, 2.45) is 9.98 Å². The molecule has 9 heteroatoms. The number of aliphatic carboxylic acids is 1. The number of benzene rings is 2. The molecule has 0 atom stereocenters. The summed E-state index contributed by atoms with van der Waals surface area (Å²) in [4.78, 5) is 17.6. The summed E-state index contributed by atoms with van der Waals surface area (Å²) in [6.07, 6.45) is 8.32. The van der Waals surface area contributed by atoms with Gasteiger partial charge in [0.05, 0.1) is 26.3 Å². The Bertz CT molecular complexity index is 875. The molecule has 8 nitrogen and oxygen atoms in total. The van der Waals surface area contributed by atoms with Crippen molar-refractivity contribution in [3.05, 3.63) is 47.5 Å². The molecule has 0 amide bonds. The molecular weight excluding hydrogens is 479 g/mol. The number of nitrogens with zero attached hydrogens (tertiary/aromatic N) is 2. The third-order valence-electron chi connectivity index (χ3n) is 4.68. The minimum absolute atomic E-state index is 0. The molecule has 0 aliphatic carbocycles. The zero-order chi connectivity index (χ0) is 23.9. The number of carbonyl (C=O) groups is 1. The summed E-state index contributed by atoms with van der Waals surface area (Å²) in [6.45, 7) is 3.16. The van der Waals surface area contributed by atoms with E-state index in [4.69, 9.17) is 19.4 Å². The Balaban J connectivity index is 0.00000107. The molecule has 1 aliphatic rings. The fraction of sp³-hybridized carbons (Fsp3) is 0.400. The predicted molar refractivity (Wildman–Crippen MR) is 129 cm³/mol. The summed E-state index contributed by atoms with van der Waals surface area (Å²) in [5, 5.41) is 28.1. The minimum atomic E-state index is -0.833. The first-order chi connectivity index (χ1) is 16.0. The molecule has 4 bridgehead atoms. The molecule has 2 aromatic carbocycles. The molecule has 0 saturated heterocycles. The van der Waals surface area contributed by atoms with Gasteiger partial charge >= 0.3 is 17.1 Å². The van der Waals surface area contributed by atoms with Crippen molar-refractivity contribution in [1.82, 2.24) is 0 Å². The Kier molecular flexibility index (Phi) is 14.1. The SMILES string of the molecule is CC(=O)O.Oc1c2cccc1OCCCCCCCOc1cccc(c1O)C=NCCN=C2.[Mn+2]. The van der Waals surface area contributed by atoms with Gasteiger partial charge < -0.3 is 24.8 Å². The summed E-state index contributed by atoms with van der Waals surface area (Å²) >= 11 is 0. The second kappa shape index (κ2) is 16.6. The molecule has 0 unspecified atom stereocenters. The monoisotopic (exact) mass is 511 g/mol. The van der Waals surface area contributed by atoms with Crippen LogP contribution in [-0.4, -0.2) is 60.0 Å². The van der Waals surface area contributed by atoms with E-state index in [1.54, 1.807) is 36.7 Å². The number of phenols is 2. The van der Waals surface area contributed by atoms with E-state index in [0.717, 1.165) is 39.0 Å². The van der Waals surface area contributed by atoms with Crippen LogP contribution in [0.25, 0.3) is 0 Å². The first-order valence-corrected chi connectivity index (χ1v) is 11.1. The van der Waals surface area contributed by atoms with Crippen LogP contribution < -0.4 is 9.47 Å². The number of carboxylic acid groups (broad SMARTS) is 1. The second-order valence-corrected chi connectivity index (χ2v) is 7.44. The molecule has 3 N–H and O–H groups in total. The Morgan fingerprint density at radius 1 is 0.765 bits per heavy atom. The van der Waals surface area contributed by atoms with Crippen molar-refractivity contribution in [3.8, 4) is 23.0 Å². The number of carboxylic acids is 1. The van der Waals surface area contributed by atoms with Gasteiger partial charge in [0.15, 0.2) is 23.0 Å². The maximum absolute atomic E-state index is 10.4. The largest absolute Gasteiger partial charge is 2.00 e. The van der Waals surface area contributed by atoms with Gasteiger partial charge in [0.25, 0.3) is 5.97 Å². The van der Waals surface area contributed by atoms with Crippen LogP contribution in [0.4, 0.5) is 0 Å². The molecule has 1 heterocycles. The van der Waals surface area contributed by atoms with Crippen LogP contribution in [0.3, 0.4) is 0 Å². The van der Waals surface area contributed by atoms with E-state index in [1.807, 2.05) is 12.1 Å². The summed E-state index contributed by atoms with van der Waals surface area (Å²) in [7, 11) is 0. The normalized spacial score (nSPS) is 14.6. The fourth-order valence-electron chi connectivity index (χ4n) is 3.06. The van der Waals surface area contributed by atoms with Crippen molar-refractivity contribution in [2.45, 2.75) is 39.0 Å². The van der Waals surface area contributed by atoms with Gasteiger partial charge in [-0.25, -0.2) is 0 Å². The third kappa shape index (κ3) is 10.7. The first-order valence-electron chi connectivity index (χ1n) is 11.1. The van der Waals surface area contributed by atoms with Gasteiger partial charge in [-0.3, -0.25) is 14.8 Å². The zero-order valence-electron chi connectivity index (χ0n) is 19.3. The number of fused-ring (bicyclic) bond motifs is 4. The molecule has 0 spiro atoms. The van der Waals surface area contributed by atoms with E-state index in [2.05, 4.69) is 9.98 Å². The number of rotatable bonds is 0. The molecule has 0 aromatic heterocycles. The van der Waals surface area contributed by atoms with Gasteiger partial charge in [-0.15, -0.1) is 0 Å². The van der Waals surface area contributed by atoms with Crippen LogP contribution in [-0.2, 0) is 21.9 Å². The molecule has 2 aromatic rings. The first kappa shape index (κ1) is 29.0. The number of ether oxygens (including phenoxy) is 2. The van der Waals surface area contributed by atoms with Gasteiger partial charge in [-0.2, -0.15) is 0 Å². The van der Waals surface area contributed by atoms with E-state index in [9.17, 15) is 10.2 Å². The summed E-state index contributed by atoms with van der Waals surface area (Å²) in [5.74, 6) is 0.371. The van der Waals surface area contributed by atoms with E-state index < -0.39 is 5.97 Å². The molecule has 34 heavy (non-hydrogen) atoms. The zero-order valence-corrected chi connectivity index (χ0v) is 20.5. The average Bonchev–Trinajstić information content (AvgIpc) is 2.77. The second-order valence-electron chi connectivity index (χ2n) is 7.44. The number of phenolic OH excluding ortho intramolecular Hbond substituents is 2. The minimum Gasteiger partial charge on any atom is -0.504 e. The Morgan fingerprint density at radius 2 is 1.15 bits per heavy atom. The van der Waals surface area contributed by atoms with Gasteiger partial charge in [0.1, 0.15) is 0 Å². The van der Waals surface area contributed by atoms with Crippen LogP contribution in [0, 0.1) is 0 Å². The van der Waals surface area contributed by atoms with Gasteiger partial charge in [0, 0.05) is 30.5 Å².